The summed E-state index contributed by atoms with van der Waals surface area (Å²) >= 11 is 0. The van der Waals surface area contributed by atoms with Gasteiger partial charge in [-0.05, 0) is 6.42 Å². The molecule has 0 unspecified atom stereocenters. The number of carbonyl (C=O) groups is 1. The van der Waals surface area contributed by atoms with Crippen LogP contribution < -0.4 is 0 Å². The molecule has 0 saturated carbocycles. The summed E-state index contributed by atoms with van der Waals surface area (Å²) in [6, 6.07) is 0. The van der Waals surface area contributed by atoms with E-state index in [1.54, 1.807) is 20.8 Å². The summed E-state index contributed by atoms with van der Waals surface area (Å²) in [6.07, 6.45) is -0.229. The fourth-order valence-electron chi connectivity index (χ4n) is 1.57. The van der Waals surface area contributed by atoms with E-state index in [-0.39, 0.29) is 17.6 Å². The molecule has 3 heteroatoms. The van der Waals surface area contributed by atoms with Crippen molar-refractivity contribution in [2.75, 3.05) is 0 Å². The van der Waals surface area contributed by atoms with Gasteiger partial charge < -0.3 is 10.2 Å². The molecule has 14 heavy (non-hydrogen) atoms. The highest BCUT2D eigenvalue weighted by molar-refractivity contribution is 5.80. The Morgan fingerprint density at radius 2 is 1.71 bits per heavy atom. The largest absolute Gasteiger partial charge is 0.393 e. The van der Waals surface area contributed by atoms with Crippen molar-refractivity contribution in [2.45, 2.75) is 52.7 Å². The summed E-state index contributed by atoms with van der Waals surface area (Å²) in [5.41, 5.74) is 0. The molecule has 4 atom stereocenters. The highest BCUT2D eigenvalue weighted by Gasteiger charge is 2.29. The van der Waals surface area contributed by atoms with Crippen LogP contribution in [0.5, 0.6) is 0 Å². The summed E-state index contributed by atoms with van der Waals surface area (Å²) in [7, 11) is 0. The van der Waals surface area contributed by atoms with Gasteiger partial charge in [0.25, 0.3) is 0 Å². The smallest absolute Gasteiger partial charge is 0.138 e. The fraction of sp³-hybridized carbons (Fsp3) is 0.909. The zero-order valence-electron chi connectivity index (χ0n) is 9.53. The molecule has 0 aromatic carbocycles. The van der Waals surface area contributed by atoms with Crippen molar-refractivity contribution in [1.29, 1.82) is 0 Å². The third kappa shape index (κ3) is 3.39. The Morgan fingerprint density at radius 3 is 2.07 bits per heavy atom. The Hall–Kier alpha value is -0.410. The maximum Gasteiger partial charge on any atom is 0.138 e. The molecular formula is C11H22O3. The van der Waals surface area contributed by atoms with Crippen molar-refractivity contribution in [3.63, 3.8) is 0 Å². The summed E-state index contributed by atoms with van der Waals surface area (Å²) in [6.45, 7) is 7.14. The Kier molecular flexibility index (Phi) is 5.96. The topological polar surface area (TPSA) is 57.5 Å². The van der Waals surface area contributed by atoms with E-state index < -0.39 is 12.2 Å². The summed E-state index contributed by atoms with van der Waals surface area (Å²) < 4.78 is 0. The normalized spacial score (nSPS) is 19.9. The summed E-state index contributed by atoms with van der Waals surface area (Å²) in [5.74, 6) is -0.575. The molecule has 0 aliphatic heterocycles. The highest BCUT2D eigenvalue weighted by atomic mass is 16.3. The van der Waals surface area contributed by atoms with E-state index in [0.29, 0.717) is 12.8 Å². The van der Waals surface area contributed by atoms with Crippen molar-refractivity contribution in [2.24, 2.45) is 11.8 Å². The molecule has 0 bridgehead atoms. The number of rotatable bonds is 6. The number of Topliss-reactive ketones (excluding diaryl/α,β-unsaturated/α-hetero) is 1. The van der Waals surface area contributed by atoms with Gasteiger partial charge in [0.1, 0.15) is 5.78 Å². The predicted molar refractivity (Wildman–Crippen MR) is 55.9 cm³/mol. The average Bonchev–Trinajstić information content (AvgIpc) is 2.23. The Labute approximate surface area is 86.1 Å². The van der Waals surface area contributed by atoms with Crippen LogP contribution in [0.15, 0.2) is 0 Å². The maximum absolute atomic E-state index is 11.3. The van der Waals surface area contributed by atoms with Gasteiger partial charge in [-0.15, -0.1) is 0 Å². The highest BCUT2D eigenvalue weighted by Crippen LogP contribution is 2.19. The van der Waals surface area contributed by atoms with Gasteiger partial charge >= 0.3 is 0 Å². The van der Waals surface area contributed by atoms with Gasteiger partial charge in [0, 0.05) is 18.3 Å². The first-order valence-electron chi connectivity index (χ1n) is 5.34. The van der Waals surface area contributed by atoms with Crippen LogP contribution in [0.1, 0.15) is 40.5 Å². The maximum atomic E-state index is 11.3. The number of hydrogen-bond donors (Lipinski definition) is 2. The van der Waals surface area contributed by atoms with Gasteiger partial charge in [0.05, 0.1) is 12.2 Å². The second kappa shape index (κ2) is 6.14. The summed E-state index contributed by atoms with van der Waals surface area (Å²) in [5, 5.41) is 19.3. The molecule has 0 heterocycles. The zero-order chi connectivity index (χ0) is 11.3. The Morgan fingerprint density at radius 1 is 1.21 bits per heavy atom. The van der Waals surface area contributed by atoms with E-state index in [2.05, 4.69) is 0 Å². The number of ketones is 1. The van der Waals surface area contributed by atoms with Gasteiger partial charge in [0.15, 0.2) is 0 Å². The standard InChI is InChI=1S/C11H22O3/c1-5-9(12)7(3)11(14)8(4)10(13)6-2/h7-9,11-12,14H,5-6H2,1-4H3/t7-,8-,9+,11+/m0/s1. The van der Waals surface area contributed by atoms with Crippen molar-refractivity contribution >= 4 is 5.78 Å². The monoisotopic (exact) mass is 202 g/mol. The number of hydrogen-bond acceptors (Lipinski definition) is 3. The van der Waals surface area contributed by atoms with Gasteiger partial charge in [0.2, 0.25) is 0 Å². The van der Waals surface area contributed by atoms with E-state index in [1.807, 2.05) is 6.92 Å². The summed E-state index contributed by atoms with van der Waals surface area (Å²) in [4.78, 5) is 11.3. The molecule has 0 spiro atoms. The van der Waals surface area contributed by atoms with Gasteiger partial charge in [-0.2, -0.15) is 0 Å². The van der Waals surface area contributed by atoms with Crippen LogP contribution in [-0.2, 0) is 4.79 Å². The molecule has 0 radical (unpaired) electrons. The van der Waals surface area contributed by atoms with Crippen LogP contribution in [0.25, 0.3) is 0 Å². The lowest BCUT2D eigenvalue weighted by molar-refractivity contribution is -0.127. The number of aliphatic hydroxyl groups is 2. The second-order valence-electron chi connectivity index (χ2n) is 3.93. The molecule has 0 saturated heterocycles. The number of aliphatic hydroxyl groups excluding tert-OH is 2. The van der Waals surface area contributed by atoms with Gasteiger partial charge in [-0.3, -0.25) is 4.79 Å². The van der Waals surface area contributed by atoms with Crippen LogP contribution in [0, 0.1) is 11.8 Å². The van der Waals surface area contributed by atoms with E-state index in [1.165, 1.54) is 0 Å². The molecule has 2 N–H and O–H groups in total. The van der Waals surface area contributed by atoms with Gasteiger partial charge in [-0.1, -0.05) is 27.7 Å². The Balaban J connectivity index is 4.30. The fourth-order valence-corrected chi connectivity index (χ4v) is 1.57. The Bertz CT molecular complexity index is 179. The lowest BCUT2D eigenvalue weighted by atomic mass is 9.85. The first-order valence-corrected chi connectivity index (χ1v) is 5.34. The molecule has 0 amide bonds. The van der Waals surface area contributed by atoms with Crippen molar-refractivity contribution in [3.05, 3.63) is 0 Å². The van der Waals surface area contributed by atoms with Crippen molar-refractivity contribution in [3.8, 4) is 0 Å². The minimum Gasteiger partial charge on any atom is -0.393 e. The average molecular weight is 202 g/mol. The molecule has 0 rings (SSSR count). The quantitative estimate of drug-likeness (QED) is 0.684. The third-order valence-corrected chi connectivity index (χ3v) is 2.93. The predicted octanol–water partition coefficient (Wildman–Crippen LogP) is 1.37. The van der Waals surface area contributed by atoms with Crippen LogP contribution in [0.3, 0.4) is 0 Å². The van der Waals surface area contributed by atoms with Crippen LogP contribution in [0.4, 0.5) is 0 Å². The van der Waals surface area contributed by atoms with E-state index in [4.69, 9.17) is 0 Å². The third-order valence-electron chi connectivity index (χ3n) is 2.93. The van der Waals surface area contributed by atoms with Crippen LogP contribution in [-0.4, -0.2) is 28.2 Å². The molecule has 0 aromatic rings. The van der Waals surface area contributed by atoms with Crippen molar-refractivity contribution in [1.82, 2.24) is 0 Å². The molecule has 0 aliphatic carbocycles. The zero-order valence-corrected chi connectivity index (χ0v) is 9.53. The molecule has 0 aromatic heterocycles. The lowest BCUT2D eigenvalue weighted by Crippen LogP contribution is -2.36. The molecule has 0 fully saturated rings. The lowest BCUT2D eigenvalue weighted by Gasteiger charge is -2.27. The first kappa shape index (κ1) is 13.6. The van der Waals surface area contributed by atoms with E-state index >= 15 is 0 Å². The molecule has 84 valence electrons. The van der Waals surface area contributed by atoms with Crippen LogP contribution in [0.2, 0.25) is 0 Å². The molecular weight excluding hydrogens is 180 g/mol. The number of carbonyl (C=O) groups excluding carboxylic acids is 1. The van der Waals surface area contributed by atoms with Crippen molar-refractivity contribution < 1.29 is 15.0 Å². The SMILES string of the molecule is CCC(=O)[C@H](C)[C@H](O)[C@@H](C)[C@H](O)CC. The molecule has 0 aliphatic rings. The van der Waals surface area contributed by atoms with Gasteiger partial charge in [-0.25, -0.2) is 0 Å². The minimum absolute atomic E-state index is 0.0488. The first-order chi connectivity index (χ1) is 6.45. The van der Waals surface area contributed by atoms with Crippen LogP contribution >= 0.6 is 0 Å². The molecule has 3 nitrogen and oxygen atoms in total. The second-order valence-corrected chi connectivity index (χ2v) is 3.93. The van der Waals surface area contributed by atoms with E-state index in [0.717, 1.165) is 0 Å². The minimum atomic E-state index is -0.739. The van der Waals surface area contributed by atoms with E-state index in [9.17, 15) is 15.0 Å².